The molecule has 0 fully saturated rings. The standard InChI is InChI=1S/C22H22ClNO3S/c1-15-12-20(16(2)24(15)10-9-19-4-3-11-28-19)21(25)14-27-22(26)13-17-5-7-18(23)8-6-17/h3-8,11-12H,9-10,13-14H2,1-2H3. The van der Waals surface area contributed by atoms with Crippen molar-refractivity contribution in [2.45, 2.75) is 33.2 Å². The summed E-state index contributed by atoms with van der Waals surface area (Å²) in [5.41, 5.74) is 3.36. The van der Waals surface area contributed by atoms with E-state index in [0.29, 0.717) is 10.6 Å². The Hall–Kier alpha value is -2.37. The molecule has 0 aliphatic heterocycles. The molecular weight excluding hydrogens is 394 g/mol. The summed E-state index contributed by atoms with van der Waals surface area (Å²) in [5.74, 6) is -0.609. The summed E-state index contributed by atoms with van der Waals surface area (Å²) in [6.45, 7) is 4.50. The van der Waals surface area contributed by atoms with Crippen molar-refractivity contribution in [1.82, 2.24) is 4.57 Å². The Morgan fingerprint density at radius 2 is 1.89 bits per heavy atom. The van der Waals surface area contributed by atoms with Crippen LogP contribution in [0, 0.1) is 13.8 Å². The highest BCUT2D eigenvalue weighted by Crippen LogP contribution is 2.18. The first-order chi connectivity index (χ1) is 13.4. The smallest absolute Gasteiger partial charge is 0.310 e. The SMILES string of the molecule is Cc1cc(C(=O)COC(=O)Cc2ccc(Cl)cc2)c(C)n1CCc1cccs1. The lowest BCUT2D eigenvalue weighted by Crippen LogP contribution is -2.16. The van der Waals surface area contributed by atoms with Crippen molar-refractivity contribution in [1.29, 1.82) is 0 Å². The van der Waals surface area contributed by atoms with Gasteiger partial charge in [-0.2, -0.15) is 0 Å². The third-order valence-electron chi connectivity index (χ3n) is 4.66. The Morgan fingerprint density at radius 1 is 1.14 bits per heavy atom. The van der Waals surface area contributed by atoms with Gasteiger partial charge in [-0.25, -0.2) is 0 Å². The molecule has 0 saturated heterocycles. The van der Waals surface area contributed by atoms with Gasteiger partial charge < -0.3 is 9.30 Å². The molecule has 0 spiro atoms. The van der Waals surface area contributed by atoms with Crippen LogP contribution in [0.15, 0.2) is 47.8 Å². The number of aryl methyl sites for hydroxylation is 2. The van der Waals surface area contributed by atoms with Gasteiger partial charge in [-0.05, 0) is 55.5 Å². The monoisotopic (exact) mass is 415 g/mol. The molecule has 146 valence electrons. The maximum absolute atomic E-state index is 12.6. The molecule has 0 unspecified atom stereocenters. The minimum atomic E-state index is -0.429. The summed E-state index contributed by atoms with van der Waals surface area (Å²) in [5, 5.41) is 2.68. The first kappa shape index (κ1) is 20.4. The summed E-state index contributed by atoms with van der Waals surface area (Å²) < 4.78 is 7.33. The van der Waals surface area contributed by atoms with Crippen molar-refractivity contribution < 1.29 is 14.3 Å². The number of benzene rings is 1. The van der Waals surface area contributed by atoms with Gasteiger partial charge in [0.1, 0.15) is 0 Å². The number of carbonyl (C=O) groups excluding carboxylic acids is 2. The van der Waals surface area contributed by atoms with Gasteiger partial charge in [0.15, 0.2) is 6.61 Å². The predicted octanol–water partition coefficient (Wildman–Crippen LogP) is 5.03. The van der Waals surface area contributed by atoms with Gasteiger partial charge in [-0.1, -0.05) is 29.8 Å². The van der Waals surface area contributed by atoms with Crippen LogP contribution in [0.3, 0.4) is 0 Å². The van der Waals surface area contributed by atoms with E-state index in [0.717, 1.165) is 29.9 Å². The van der Waals surface area contributed by atoms with Gasteiger partial charge in [-0.3, -0.25) is 9.59 Å². The maximum atomic E-state index is 12.6. The number of carbonyl (C=O) groups is 2. The van der Waals surface area contributed by atoms with Gasteiger partial charge in [0.05, 0.1) is 6.42 Å². The first-order valence-corrected chi connectivity index (χ1v) is 10.3. The number of hydrogen-bond donors (Lipinski definition) is 0. The number of halogens is 1. The summed E-state index contributed by atoms with van der Waals surface area (Å²) >= 11 is 7.57. The Labute approximate surface area is 173 Å². The average molecular weight is 416 g/mol. The van der Waals surface area contributed by atoms with Gasteiger partial charge in [0, 0.05) is 33.4 Å². The molecule has 0 bridgehead atoms. The van der Waals surface area contributed by atoms with Crippen molar-refractivity contribution in [3.63, 3.8) is 0 Å². The number of thiophene rings is 1. The van der Waals surface area contributed by atoms with E-state index in [1.807, 2.05) is 26.0 Å². The molecule has 0 N–H and O–H groups in total. The number of hydrogen-bond acceptors (Lipinski definition) is 4. The van der Waals surface area contributed by atoms with Crippen LogP contribution < -0.4 is 0 Å². The molecule has 0 radical (unpaired) electrons. The van der Waals surface area contributed by atoms with Crippen molar-refractivity contribution in [3.05, 3.63) is 80.3 Å². The van der Waals surface area contributed by atoms with E-state index in [1.54, 1.807) is 35.6 Å². The Morgan fingerprint density at radius 3 is 2.57 bits per heavy atom. The largest absolute Gasteiger partial charge is 0.457 e. The number of esters is 1. The zero-order valence-corrected chi connectivity index (χ0v) is 17.5. The lowest BCUT2D eigenvalue weighted by atomic mass is 10.1. The van der Waals surface area contributed by atoms with Crippen LogP contribution in [0.25, 0.3) is 0 Å². The topological polar surface area (TPSA) is 48.3 Å². The minimum absolute atomic E-state index is 0.115. The van der Waals surface area contributed by atoms with Crippen molar-refractivity contribution in [2.75, 3.05) is 6.61 Å². The van der Waals surface area contributed by atoms with E-state index >= 15 is 0 Å². The quantitative estimate of drug-likeness (QED) is 0.383. The van der Waals surface area contributed by atoms with Crippen LogP contribution >= 0.6 is 22.9 Å². The highest BCUT2D eigenvalue weighted by Gasteiger charge is 2.17. The summed E-state index contributed by atoms with van der Waals surface area (Å²) in [6, 6.07) is 13.0. The minimum Gasteiger partial charge on any atom is -0.457 e. The van der Waals surface area contributed by atoms with E-state index in [-0.39, 0.29) is 18.8 Å². The molecule has 0 amide bonds. The fraction of sp³-hybridized carbons (Fsp3) is 0.273. The van der Waals surface area contributed by atoms with Crippen molar-refractivity contribution in [2.24, 2.45) is 0 Å². The molecule has 3 aromatic rings. The number of nitrogens with zero attached hydrogens (tertiary/aromatic N) is 1. The number of ketones is 1. The van der Waals surface area contributed by atoms with Crippen LogP contribution in [0.5, 0.6) is 0 Å². The van der Waals surface area contributed by atoms with Crippen molar-refractivity contribution in [3.8, 4) is 0 Å². The van der Waals surface area contributed by atoms with Gasteiger partial charge in [0.2, 0.25) is 5.78 Å². The highest BCUT2D eigenvalue weighted by atomic mass is 35.5. The van der Waals surface area contributed by atoms with Crippen LogP contribution in [0.1, 0.15) is 32.2 Å². The zero-order chi connectivity index (χ0) is 20.1. The fourth-order valence-corrected chi connectivity index (χ4v) is 3.97. The van der Waals surface area contributed by atoms with Crippen LogP contribution in [0.4, 0.5) is 0 Å². The van der Waals surface area contributed by atoms with Gasteiger partial charge in [0.25, 0.3) is 0 Å². The Balaban J connectivity index is 1.57. The van der Waals surface area contributed by atoms with E-state index in [9.17, 15) is 9.59 Å². The molecule has 0 saturated carbocycles. The molecule has 28 heavy (non-hydrogen) atoms. The fourth-order valence-electron chi connectivity index (χ4n) is 3.15. The third-order valence-corrected chi connectivity index (χ3v) is 5.85. The molecular formula is C22H22ClNO3S. The number of aromatic nitrogens is 1. The number of ether oxygens (including phenoxy) is 1. The molecule has 4 nitrogen and oxygen atoms in total. The molecule has 0 atom stereocenters. The lowest BCUT2D eigenvalue weighted by molar-refractivity contribution is -0.141. The molecule has 2 aromatic heterocycles. The first-order valence-electron chi connectivity index (χ1n) is 9.06. The normalized spacial score (nSPS) is 10.8. The Kier molecular flexibility index (Phi) is 6.70. The molecule has 1 aromatic carbocycles. The van der Waals surface area contributed by atoms with Crippen LogP contribution in [-0.2, 0) is 28.9 Å². The van der Waals surface area contributed by atoms with Crippen LogP contribution in [-0.4, -0.2) is 22.9 Å². The van der Waals surface area contributed by atoms with Crippen molar-refractivity contribution >= 4 is 34.7 Å². The van der Waals surface area contributed by atoms with E-state index < -0.39 is 5.97 Å². The zero-order valence-electron chi connectivity index (χ0n) is 15.9. The molecule has 0 aliphatic rings. The summed E-state index contributed by atoms with van der Waals surface area (Å²) in [6.07, 6.45) is 1.04. The van der Waals surface area contributed by atoms with E-state index in [1.165, 1.54) is 4.88 Å². The molecule has 2 heterocycles. The third kappa shape index (κ3) is 5.12. The highest BCUT2D eigenvalue weighted by molar-refractivity contribution is 7.09. The summed E-state index contributed by atoms with van der Waals surface area (Å²) in [4.78, 5) is 25.9. The van der Waals surface area contributed by atoms with Gasteiger partial charge in [-0.15, -0.1) is 11.3 Å². The molecule has 3 rings (SSSR count). The summed E-state index contributed by atoms with van der Waals surface area (Å²) in [7, 11) is 0. The lowest BCUT2D eigenvalue weighted by Gasteiger charge is -2.09. The number of rotatable bonds is 8. The van der Waals surface area contributed by atoms with E-state index in [4.69, 9.17) is 16.3 Å². The predicted molar refractivity (Wildman–Crippen MR) is 112 cm³/mol. The molecule has 6 heteroatoms. The second-order valence-electron chi connectivity index (χ2n) is 6.65. The van der Waals surface area contributed by atoms with Gasteiger partial charge >= 0.3 is 5.97 Å². The second-order valence-corrected chi connectivity index (χ2v) is 8.12. The molecule has 0 aliphatic carbocycles. The second kappa shape index (κ2) is 9.22. The maximum Gasteiger partial charge on any atom is 0.310 e. The number of Topliss-reactive ketones (excluding diaryl/α,β-unsaturated/α-hetero) is 1. The van der Waals surface area contributed by atoms with Crippen LogP contribution in [0.2, 0.25) is 5.02 Å². The van der Waals surface area contributed by atoms with E-state index in [2.05, 4.69) is 16.0 Å². The Bertz CT molecular complexity index is 959. The average Bonchev–Trinajstić information content (AvgIpc) is 3.28.